The summed E-state index contributed by atoms with van der Waals surface area (Å²) in [5.74, 6) is 0.206. The maximum atomic E-state index is 11.9. The van der Waals surface area contributed by atoms with Crippen LogP contribution in [0.25, 0.3) is 0 Å². The Labute approximate surface area is 129 Å². The third-order valence-electron chi connectivity index (χ3n) is 3.19. The molecule has 0 aromatic heterocycles. The molecule has 1 aromatic carbocycles. The quantitative estimate of drug-likeness (QED) is 0.739. The SMILES string of the molecule is CS(=O)(=O)Nc1ccc(Cl)c(NC(=O)CC(N)C2CC2)c1. The van der Waals surface area contributed by atoms with E-state index in [1.54, 1.807) is 0 Å². The van der Waals surface area contributed by atoms with Crippen molar-refractivity contribution in [2.24, 2.45) is 11.7 Å². The Morgan fingerprint density at radius 1 is 1.48 bits per heavy atom. The van der Waals surface area contributed by atoms with Gasteiger partial charge in [0.15, 0.2) is 0 Å². The van der Waals surface area contributed by atoms with Gasteiger partial charge in [0.2, 0.25) is 15.9 Å². The average Bonchev–Trinajstić information content (AvgIpc) is 3.15. The lowest BCUT2D eigenvalue weighted by Gasteiger charge is -2.13. The van der Waals surface area contributed by atoms with Crippen LogP contribution in [0.1, 0.15) is 19.3 Å². The average molecular weight is 332 g/mol. The van der Waals surface area contributed by atoms with Gasteiger partial charge in [-0.15, -0.1) is 0 Å². The molecule has 1 saturated carbocycles. The molecule has 4 N–H and O–H groups in total. The van der Waals surface area contributed by atoms with Crippen LogP contribution in [-0.2, 0) is 14.8 Å². The second-order valence-corrected chi connectivity index (χ2v) is 7.48. The number of halogens is 1. The van der Waals surface area contributed by atoms with Crippen LogP contribution in [0.4, 0.5) is 11.4 Å². The van der Waals surface area contributed by atoms with Crippen molar-refractivity contribution in [2.75, 3.05) is 16.3 Å². The van der Waals surface area contributed by atoms with Crippen molar-refractivity contribution in [2.45, 2.75) is 25.3 Å². The standard InChI is InChI=1S/C13H18ClN3O3S/c1-21(19,20)17-9-4-5-10(14)12(6-9)16-13(18)7-11(15)8-2-3-8/h4-6,8,11,17H,2-3,7,15H2,1H3,(H,16,18). The van der Waals surface area contributed by atoms with E-state index < -0.39 is 10.0 Å². The van der Waals surface area contributed by atoms with E-state index in [4.69, 9.17) is 17.3 Å². The molecular formula is C13H18ClN3O3S. The maximum absolute atomic E-state index is 11.9. The van der Waals surface area contributed by atoms with E-state index in [-0.39, 0.29) is 18.4 Å². The lowest BCUT2D eigenvalue weighted by atomic mass is 10.1. The zero-order valence-electron chi connectivity index (χ0n) is 11.6. The lowest BCUT2D eigenvalue weighted by Crippen LogP contribution is -2.28. The van der Waals surface area contributed by atoms with Crippen molar-refractivity contribution in [1.29, 1.82) is 0 Å². The largest absolute Gasteiger partial charge is 0.327 e. The fourth-order valence-corrected chi connectivity index (χ4v) is 2.72. The van der Waals surface area contributed by atoms with Crippen LogP contribution in [0.5, 0.6) is 0 Å². The minimum Gasteiger partial charge on any atom is -0.327 e. The van der Waals surface area contributed by atoms with E-state index in [9.17, 15) is 13.2 Å². The van der Waals surface area contributed by atoms with Crippen molar-refractivity contribution < 1.29 is 13.2 Å². The summed E-state index contributed by atoms with van der Waals surface area (Å²) < 4.78 is 24.7. The van der Waals surface area contributed by atoms with Crippen LogP contribution in [-0.4, -0.2) is 26.6 Å². The molecular weight excluding hydrogens is 314 g/mol. The molecule has 116 valence electrons. The minimum absolute atomic E-state index is 0.138. The Morgan fingerprint density at radius 2 is 2.14 bits per heavy atom. The molecule has 1 fully saturated rings. The number of amides is 1. The molecule has 0 heterocycles. The van der Waals surface area contributed by atoms with E-state index in [1.165, 1.54) is 18.2 Å². The van der Waals surface area contributed by atoms with Gasteiger partial charge in [0, 0.05) is 12.5 Å². The molecule has 1 amide bonds. The first-order valence-corrected chi connectivity index (χ1v) is 8.84. The van der Waals surface area contributed by atoms with Gasteiger partial charge in [0.1, 0.15) is 0 Å². The smallest absolute Gasteiger partial charge is 0.229 e. The molecule has 1 aliphatic carbocycles. The highest BCUT2D eigenvalue weighted by molar-refractivity contribution is 7.92. The molecule has 0 spiro atoms. The van der Waals surface area contributed by atoms with E-state index >= 15 is 0 Å². The number of carbonyl (C=O) groups is 1. The highest BCUT2D eigenvalue weighted by Crippen LogP contribution is 2.33. The molecule has 8 heteroatoms. The molecule has 21 heavy (non-hydrogen) atoms. The van der Waals surface area contributed by atoms with Gasteiger partial charge in [-0.25, -0.2) is 8.42 Å². The molecule has 0 radical (unpaired) electrons. The molecule has 0 aliphatic heterocycles. The maximum Gasteiger partial charge on any atom is 0.229 e. The van der Waals surface area contributed by atoms with Crippen LogP contribution in [0.3, 0.4) is 0 Å². The van der Waals surface area contributed by atoms with Gasteiger partial charge in [-0.3, -0.25) is 9.52 Å². The molecule has 1 atom stereocenters. The summed E-state index contributed by atoms with van der Waals surface area (Å²) in [4.78, 5) is 11.9. The number of nitrogens with one attached hydrogen (secondary N) is 2. The molecule has 0 bridgehead atoms. The highest BCUT2D eigenvalue weighted by atomic mass is 35.5. The van der Waals surface area contributed by atoms with Crippen LogP contribution in [0.2, 0.25) is 5.02 Å². The number of hydrogen-bond donors (Lipinski definition) is 3. The van der Waals surface area contributed by atoms with E-state index in [2.05, 4.69) is 10.0 Å². The van der Waals surface area contributed by atoms with Crippen molar-refractivity contribution in [3.63, 3.8) is 0 Å². The fourth-order valence-electron chi connectivity index (χ4n) is 2.00. The summed E-state index contributed by atoms with van der Waals surface area (Å²) >= 11 is 6.00. The van der Waals surface area contributed by atoms with Gasteiger partial charge >= 0.3 is 0 Å². The molecule has 6 nitrogen and oxygen atoms in total. The van der Waals surface area contributed by atoms with E-state index in [1.807, 2.05) is 0 Å². The molecule has 2 rings (SSSR count). The first-order chi connectivity index (χ1) is 9.74. The normalized spacial score (nSPS) is 16.3. The molecule has 1 aromatic rings. The van der Waals surface area contributed by atoms with Crippen molar-refractivity contribution >= 4 is 38.9 Å². The topological polar surface area (TPSA) is 101 Å². The van der Waals surface area contributed by atoms with E-state index in [0.717, 1.165) is 19.1 Å². The molecule has 1 unspecified atom stereocenters. The van der Waals surface area contributed by atoms with Gasteiger partial charge in [0.05, 0.1) is 22.7 Å². The van der Waals surface area contributed by atoms with Crippen LogP contribution in [0, 0.1) is 5.92 Å². The Morgan fingerprint density at radius 3 is 2.71 bits per heavy atom. The predicted molar refractivity (Wildman–Crippen MR) is 83.9 cm³/mol. The lowest BCUT2D eigenvalue weighted by molar-refractivity contribution is -0.116. The highest BCUT2D eigenvalue weighted by Gasteiger charge is 2.29. The summed E-state index contributed by atoms with van der Waals surface area (Å²) in [5.41, 5.74) is 6.60. The minimum atomic E-state index is -3.38. The first kappa shape index (κ1) is 16.1. The van der Waals surface area contributed by atoms with Crippen molar-refractivity contribution in [3.8, 4) is 0 Å². The third-order valence-corrected chi connectivity index (χ3v) is 4.13. The van der Waals surface area contributed by atoms with Gasteiger partial charge in [-0.2, -0.15) is 0 Å². The van der Waals surface area contributed by atoms with E-state index in [0.29, 0.717) is 22.3 Å². The Kier molecular flexibility index (Phi) is 4.75. The van der Waals surface area contributed by atoms with Gasteiger partial charge in [0.25, 0.3) is 0 Å². The van der Waals surface area contributed by atoms with Crippen molar-refractivity contribution in [1.82, 2.24) is 0 Å². The number of nitrogens with two attached hydrogens (primary N) is 1. The summed E-state index contributed by atoms with van der Waals surface area (Å²) in [7, 11) is -3.38. The Balaban J connectivity index is 2.04. The number of benzene rings is 1. The first-order valence-electron chi connectivity index (χ1n) is 6.57. The van der Waals surface area contributed by atoms with Gasteiger partial charge in [-0.05, 0) is 37.0 Å². The van der Waals surface area contributed by atoms with Crippen LogP contribution >= 0.6 is 11.6 Å². The molecule has 0 saturated heterocycles. The summed E-state index contributed by atoms with van der Waals surface area (Å²) in [6.45, 7) is 0. The summed E-state index contributed by atoms with van der Waals surface area (Å²) in [5, 5.41) is 3.00. The second kappa shape index (κ2) is 6.21. The summed E-state index contributed by atoms with van der Waals surface area (Å²) in [6, 6.07) is 4.38. The number of hydrogen-bond acceptors (Lipinski definition) is 4. The van der Waals surface area contributed by atoms with Gasteiger partial charge < -0.3 is 11.1 Å². The van der Waals surface area contributed by atoms with Crippen molar-refractivity contribution in [3.05, 3.63) is 23.2 Å². The van der Waals surface area contributed by atoms with Crippen LogP contribution in [0.15, 0.2) is 18.2 Å². The Bertz CT molecular complexity index is 644. The zero-order chi connectivity index (χ0) is 15.6. The van der Waals surface area contributed by atoms with Gasteiger partial charge in [-0.1, -0.05) is 11.6 Å². The second-order valence-electron chi connectivity index (χ2n) is 5.32. The number of sulfonamides is 1. The predicted octanol–water partition coefficient (Wildman–Crippen LogP) is 1.78. The monoisotopic (exact) mass is 331 g/mol. The third kappa shape index (κ3) is 5.18. The Hall–Kier alpha value is -1.31. The molecule has 1 aliphatic rings. The zero-order valence-corrected chi connectivity index (χ0v) is 13.2. The van der Waals surface area contributed by atoms with Crippen LogP contribution < -0.4 is 15.8 Å². The fraction of sp³-hybridized carbons (Fsp3) is 0.462. The summed E-state index contributed by atoms with van der Waals surface area (Å²) in [6.07, 6.45) is 3.42. The number of rotatable bonds is 6. The number of carbonyl (C=O) groups excluding carboxylic acids is 1. The number of anilines is 2.